The summed E-state index contributed by atoms with van der Waals surface area (Å²) in [5.41, 5.74) is 0.472. The van der Waals surface area contributed by atoms with Crippen molar-refractivity contribution in [3.63, 3.8) is 0 Å². The number of hydrogen-bond acceptors (Lipinski definition) is 3. The minimum Gasteiger partial charge on any atom is -0.322 e. The van der Waals surface area contributed by atoms with Crippen LogP contribution in [0, 0.1) is 0 Å². The van der Waals surface area contributed by atoms with Gasteiger partial charge in [-0.05, 0) is 43.5 Å². The lowest BCUT2D eigenvalue weighted by molar-refractivity contribution is -0.115. The van der Waals surface area contributed by atoms with Gasteiger partial charge in [-0.3, -0.25) is 4.79 Å². The predicted molar refractivity (Wildman–Crippen MR) is 85.6 cm³/mol. The minimum atomic E-state index is -0.139. The summed E-state index contributed by atoms with van der Waals surface area (Å²) in [4.78, 5) is 11.7. The Morgan fingerprint density at radius 3 is 2.58 bits per heavy atom. The lowest BCUT2D eigenvalue weighted by Crippen LogP contribution is -2.29. The molecule has 0 radical (unpaired) electrons. The number of carbonyl (C=O) groups is 1. The number of carbonyl (C=O) groups excluding carboxylic acids is 1. The van der Waals surface area contributed by atoms with Crippen LogP contribution in [-0.2, 0) is 4.79 Å². The average molecular weight is 321 g/mol. The van der Waals surface area contributed by atoms with Gasteiger partial charge in [0.2, 0.25) is 5.91 Å². The van der Waals surface area contributed by atoms with Crippen LogP contribution in [0.4, 0.5) is 5.69 Å². The van der Waals surface area contributed by atoms with E-state index in [1.807, 2.05) is 11.8 Å². The van der Waals surface area contributed by atoms with E-state index >= 15 is 0 Å². The summed E-state index contributed by atoms with van der Waals surface area (Å²) in [6, 6.07) is 5.13. The molecule has 19 heavy (non-hydrogen) atoms. The molecule has 3 nitrogen and oxygen atoms in total. The van der Waals surface area contributed by atoms with Crippen molar-refractivity contribution in [1.82, 2.24) is 5.32 Å². The first-order valence-electron chi connectivity index (χ1n) is 6.08. The first-order chi connectivity index (χ1) is 9.15. The number of para-hydroxylation sites is 1. The Bertz CT molecular complexity index is 395. The molecule has 0 saturated carbocycles. The summed E-state index contributed by atoms with van der Waals surface area (Å²) in [5.74, 6) is 1.02. The van der Waals surface area contributed by atoms with Crippen LogP contribution in [-0.4, -0.2) is 31.0 Å². The number of nitrogens with one attached hydrogen (secondary N) is 2. The third kappa shape index (κ3) is 6.52. The molecule has 0 heterocycles. The molecule has 6 heteroatoms. The van der Waals surface area contributed by atoms with Crippen molar-refractivity contribution in [3.8, 4) is 0 Å². The Kier molecular flexibility index (Phi) is 8.30. The largest absolute Gasteiger partial charge is 0.322 e. The van der Waals surface area contributed by atoms with E-state index in [-0.39, 0.29) is 12.5 Å². The standard InChI is InChI=1S/C13H18Cl2N2OS/c1-19-8-3-2-7-16-9-12(18)17-13-10(14)5-4-6-11(13)15/h4-6,16H,2-3,7-9H2,1H3,(H,17,18). The highest BCUT2D eigenvalue weighted by Gasteiger charge is 2.08. The SMILES string of the molecule is CSCCCCNCC(=O)Nc1c(Cl)cccc1Cl. The molecule has 0 aliphatic carbocycles. The maximum Gasteiger partial charge on any atom is 0.238 e. The van der Waals surface area contributed by atoms with E-state index in [1.54, 1.807) is 18.2 Å². The average Bonchev–Trinajstić information content (AvgIpc) is 2.38. The number of rotatable bonds is 8. The number of unbranched alkanes of at least 4 members (excludes halogenated alkanes) is 1. The molecule has 1 aromatic carbocycles. The molecule has 1 rings (SSSR count). The van der Waals surface area contributed by atoms with Gasteiger partial charge in [0.25, 0.3) is 0 Å². The summed E-state index contributed by atoms with van der Waals surface area (Å²) >= 11 is 13.8. The summed E-state index contributed by atoms with van der Waals surface area (Å²) in [6.45, 7) is 1.10. The lowest BCUT2D eigenvalue weighted by Gasteiger charge is -2.09. The van der Waals surface area contributed by atoms with Crippen molar-refractivity contribution >= 4 is 46.6 Å². The number of amides is 1. The van der Waals surface area contributed by atoms with Gasteiger partial charge < -0.3 is 10.6 Å². The van der Waals surface area contributed by atoms with Crippen LogP contribution in [0.2, 0.25) is 10.0 Å². The zero-order valence-electron chi connectivity index (χ0n) is 10.8. The second-order valence-corrected chi connectivity index (χ2v) is 5.82. The molecular formula is C13H18Cl2N2OS. The summed E-state index contributed by atoms with van der Waals surface area (Å²) < 4.78 is 0. The third-order valence-electron chi connectivity index (χ3n) is 2.46. The van der Waals surface area contributed by atoms with Crippen molar-refractivity contribution < 1.29 is 4.79 Å². The normalized spacial score (nSPS) is 10.5. The number of anilines is 1. The number of benzene rings is 1. The molecule has 0 spiro atoms. The van der Waals surface area contributed by atoms with Crippen LogP contribution < -0.4 is 10.6 Å². The van der Waals surface area contributed by atoms with Crippen molar-refractivity contribution in [1.29, 1.82) is 0 Å². The topological polar surface area (TPSA) is 41.1 Å². The first kappa shape index (κ1) is 16.6. The maximum absolute atomic E-state index is 11.7. The molecule has 0 aromatic heterocycles. The molecule has 0 unspecified atom stereocenters. The summed E-state index contributed by atoms with van der Waals surface area (Å²) in [5, 5.41) is 6.70. The quantitative estimate of drug-likeness (QED) is 0.718. The van der Waals surface area contributed by atoms with Gasteiger partial charge in [0.05, 0.1) is 22.3 Å². The van der Waals surface area contributed by atoms with Crippen LogP contribution in [0.15, 0.2) is 18.2 Å². The zero-order valence-corrected chi connectivity index (χ0v) is 13.2. The van der Waals surface area contributed by atoms with Crippen LogP contribution in [0.3, 0.4) is 0 Å². The number of thioether (sulfide) groups is 1. The van der Waals surface area contributed by atoms with Crippen LogP contribution >= 0.6 is 35.0 Å². The van der Waals surface area contributed by atoms with E-state index in [1.165, 1.54) is 0 Å². The minimum absolute atomic E-state index is 0.139. The molecule has 2 N–H and O–H groups in total. The lowest BCUT2D eigenvalue weighted by atomic mass is 10.3. The number of halogens is 2. The van der Waals surface area contributed by atoms with E-state index in [2.05, 4.69) is 16.9 Å². The fraction of sp³-hybridized carbons (Fsp3) is 0.462. The van der Waals surface area contributed by atoms with Crippen LogP contribution in [0.5, 0.6) is 0 Å². The Labute approximate surface area is 128 Å². The smallest absolute Gasteiger partial charge is 0.238 e. The Hall–Kier alpha value is -0.420. The van der Waals surface area contributed by atoms with E-state index < -0.39 is 0 Å². The third-order valence-corrected chi connectivity index (χ3v) is 3.79. The predicted octanol–water partition coefficient (Wildman–Crippen LogP) is 3.66. The summed E-state index contributed by atoms with van der Waals surface area (Å²) in [7, 11) is 0. The molecule has 0 fully saturated rings. The fourth-order valence-electron chi connectivity index (χ4n) is 1.50. The van der Waals surface area contributed by atoms with Gasteiger partial charge in [0.15, 0.2) is 0 Å². The van der Waals surface area contributed by atoms with Crippen molar-refractivity contribution in [3.05, 3.63) is 28.2 Å². The molecule has 106 valence electrons. The monoisotopic (exact) mass is 320 g/mol. The van der Waals surface area contributed by atoms with E-state index in [9.17, 15) is 4.79 Å². The van der Waals surface area contributed by atoms with Crippen LogP contribution in [0.1, 0.15) is 12.8 Å². The molecule has 0 saturated heterocycles. The van der Waals surface area contributed by atoms with Crippen molar-refractivity contribution in [2.45, 2.75) is 12.8 Å². The first-order valence-corrected chi connectivity index (χ1v) is 8.23. The second kappa shape index (κ2) is 9.48. The Morgan fingerprint density at radius 2 is 1.95 bits per heavy atom. The highest BCUT2D eigenvalue weighted by molar-refractivity contribution is 7.98. The van der Waals surface area contributed by atoms with Gasteiger partial charge in [-0.25, -0.2) is 0 Å². The van der Waals surface area contributed by atoms with Gasteiger partial charge >= 0.3 is 0 Å². The number of hydrogen-bond donors (Lipinski definition) is 2. The zero-order chi connectivity index (χ0) is 14.1. The fourth-order valence-corrected chi connectivity index (χ4v) is 2.48. The van der Waals surface area contributed by atoms with E-state index in [0.29, 0.717) is 15.7 Å². The van der Waals surface area contributed by atoms with Gasteiger partial charge in [-0.15, -0.1) is 0 Å². The molecule has 1 amide bonds. The van der Waals surface area contributed by atoms with E-state index in [4.69, 9.17) is 23.2 Å². The van der Waals surface area contributed by atoms with Gasteiger partial charge in [0.1, 0.15) is 0 Å². The highest BCUT2D eigenvalue weighted by Crippen LogP contribution is 2.29. The Morgan fingerprint density at radius 1 is 1.26 bits per heavy atom. The molecule has 0 aliphatic heterocycles. The van der Waals surface area contributed by atoms with Gasteiger partial charge in [-0.1, -0.05) is 29.3 Å². The maximum atomic E-state index is 11.7. The van der Waals surface area contributed by atoms with Crippen LogP contribution in [0.25, 0.3) is 0 Å². The molecule has 0 aliphatic rings. The summed E-state index contributed by atoms with van der Waals surface area (Å²) in [6.07, 6.45) is 4.32. The second-order valence-electron chi connectivity index (χ2n) is 4.02. The van der Waals surface area contributed by atoms with Gasteiger partial charge in [0, 0.05) is 0 Å². The van der Waals surface area contributed by atoms with Crippen molar-refractivity contribution in [2.75, 3.05) is 30.4 Å². The Balaban J connectivity index is 2.28. The molecular weight excluding hydrogens is 303 g/mol. The van der Waals surface area contributed by atoms with E-state index in [0.717, 1.165) is 25.1 Å². The molecule has 1 aromatic rings. The molecule has 0 atom stereocenters. The van der Waals surface area contributed by atoms with Gasteiger partial charge in [-0.2, -0.15) is 11.8 Å². The molecule has 0 bridgehead atoms. The highest BCUT2D eigenvalue weighted by atomic mass is 35.5. The van der Waals surface area contributed by atoms with Crippen molar-refractivity contribution in [2.24, 2.45) is 0 Å².